The molecule has 0 radical (unpaired) electrons. The minimum atomic E-state index is -3.52. The third kappa shape index (κ3) is 4.24. The van der Waals surface area contributed by atoms with Gasteiger partial charge < -0.3 is 15.2 Å². The van der Waals surface area contributed by atoms with Gasteiger partial charge in [0.1, 0.15) is 4.21 Å². The number of nitrogens with two attached hydrogens (primary N) is 1. The van der Waals surface area contributed by atoms with Gasteiger partial charge in [0.05, 0.1) is 13.2 Å². The van der Waals surface area contributed by atoms with Crippen molar-refractivity contribution >= 4 is 21.4 Å². The van der Waals surface area contributed by atoms with Crippen LogP contribution in [0.4, 0.5) is 0 Å². The highest BCUT2D eigenvalue weighted by molar-refractivity contribution is 7.91. The topological polar surface area (TPSA) is 81.9 Å². The highest BCUT2D eigenvalue weighted by atomic mass is 32.2. The molecule has 20 heavy (non-hydrogen) atoms. The Kier molecular flexibility index (Phi) is 7.07. The van der Waals surface area contributed by atoms with E-state index in [2.05, 4.69) is 0 Å². The molecule has 6 nitrogen and oxygen atoms in total. The van der Waals surface area contributed by atoms with E-state index in [-0.39, 0.29) is 0 Å². The highest BCUT2D eigenvalue weighted by Crippen LogP contribution is 2.28. The summed E-state index contributed by atoms with van der Waals surface area (Å²) in [5.74, 6) is 0. The fourth-order valence-electron chi connectivity index (χ4n) is 1.68. The second-order valence-electron chi connectivity index (χ2n) is 4.27. The monoisotopic (exact) mass is 322 g/mol. The molecule has 0 spiro atoms. The van der Waals surface area contributed by atoms with Crippen LogP contribution < -0.4 is 5.73 Å². The van der Waals surface area contributed by atoms with Crippen molar-refractivity contribution in [3.8, 4) is 0 Å². The zero-order valence-corrected chi connectivity index (χ0v) is 13.7. The van der Waals surface area contributed by atoms with E-state index in [1.807, 2.05) is 6.92 Å². The third-order valence-electron chi connectivity index (χ3n) is 2.87. The van der Waals surface area contributed by atoms with Crippen LogP contribution in [0.25, 0.3) is 0 Å². The molecule has 2 N–H and O–H groups in total. The van der Waals surface area contributed by atoms with Gasteiger partial charge >= 0.3 is 0 Å². The number of thiophene rings is 1. The summed E-state index contributed by atoms with van der Waals surface area (Å²) >= 11 is 1.23. The molecule has 0 aliphatic carbocycles. The van der Waals surface area contributed by atoms with Gasteiger partial charge in [0, 0.05) is 38.7 Å². The Morgan fingerprint density at radius 2 is 1.80 bits per heavy atom. The van der Waals surface area contributed by atoms with Crippen molar-refractivity contribution in [1.29, 1.82) is 0 Å². The van der Waals surface area contributed by atoms with E-state index in [1.54, 1.807) is 20.3 Å². The van der Waals surface area contributed by atoms with Crippen molar-refractivity contribution in [3.05, 3.63) is 16.5 Å². The SMILES string of the molecule is COCCN(CCOC)S(=O)(=O)c1cc(C)c(CN)s1. The summed E-state index contributed by atoms with van der Waals surface area (Å²) in [5, 5.41) is 0. The molecule has 0 aliphatic heterocycles. The number of methoxy groups -OCH3 is 2. The molecule has 0 amide bonds. The maximum Gasteiger partial charge on any atom is 0.252 e. The van der Waals surface area contributed by atoms with Crippen LogP contribution in [0, 0.1) is 6.92 Å². The summed E-state index contributed by atoms with van der Waals surface area (Å²) in [4.78, 5) is 0.891. The molecule has 0 aliphatic rings. The Morgan fingerprint density at radius 1 is 1.25 bits per heavy atom. The Balaban J connectivity index is 3.00. The fraction of sp³-hybridized carbons (Fsp3) is 0.667. The maximum absolute atomic E-state index is 12.6. The summed E-state index contributed by atoms with van der Waals surface area (Å²) in [6, 6.07) is 1.68. The molecule has 1 aromatic heterocycles. The van der Waals surface area contributed by atoms with Crippen molar-refractivity contribution < 1.29 is 17.9 Å². The zero-order chi connectivity index (χ0) is 15.2. The number of rotatable bonds is 9. The van der Waals surface area contributed by atoms with Gasteiger partial charge in [-0.1, -0.05) is 0 Å². The van der Waals surface area contributed by atoms with E-state index in [9.17, 15) is 8.42 Å². The van der Waals surface area contributed by atoms with E-state index in [0.29, 0.717) is 37.1 Å². The fourth-order valence-corrected chi connectivity index (χ4v) is 4.72. The van der Waals surface area contributed by atoms with E-state index in [0.717, 1.165) is 10.4 Å². The van der Waals surface area contributed by atoms with Crippen LogP contribution in [0.15, 0.2) is 10.3 Å². The predicted molar refractivity (Wildman–Crippen MR) is 79.5 cm³/mol. The third-order valence-corrected chi connectivity index (χ3v) is 6.47. The normalized spacial score (nSPS) is 12.2. The van der Waals surface area contributed by atoms with E-state index in [1.165, 1.54) is 15.6 Å². The first-order valence-electron chi connectivity index (χ1n) is 6.24. The number of nitrogens with zero attached hydrogens (tertiary/aromatic N) is 1. The quantitative estimate of drug-likeness (QED) is 0.727. The van der Waals surface area contributed by atoms with Crippen LogP contribution in [0.5, 0.6) is 0 Å². The molecule has 1 heterocycles. The van der Waals surface area contributed by atoms with Gasteiger partial charge in [-0.05, 0) is 18.6 Å². The van der Waals surface area contributed by atoms with Crippen molar-refractivity contribution in [2.24, 2.45) is 5.73 Å². The molecule has 0 saturated heterocycles. The predicted octanol–water partition coefficient (Wildman–Crippen LogP) is 0.799. The number of hydrogen-bond donors (Lipinski definition) is 1. The molecule has 0 saturated carbocycles. The average molecular weight is 322 g/mol. The van der Waals surface area contributed by atoms with Crippen LogP contribution in [-0.2, 0) is 26.0 Å². The van der Waals surface area contributed by atoms with E-state index >= 15 is 0 Å². The lowest BCUT2D eigenvalue weighted by Gasteiger charge is -2.20. The lowest BCUT2D eigenvalue weighted by molar-refractivity contribution is 0.150. The van der Waals surface area contributed by atoms with Crippen LogP contribution in [0.1, 0.15) is 10.4 Å². The number of ether oxygens (including phenoxy) is 2. The van der Waals surface area contributed by atoms with Crippen molar-refractivity contribution in [2.75, 3.05) is 40.5 Å². The molecule has 116 valence electrons. The molecule has 0 fully saturated rings. The number of aryl methyl sites for hydroxylation is 1. The number of sulfonamides is 1. The highest BCUT2D eigenvalue weighted by Gasteiger charge is 2.26. The summed E-state index contributed by atoms with van der Waals surface area (Å²) in [7, 11) is -0.432. The van der Waals surface area contributed by atoms with Gasteiger partial charge in [-0.15, -0.1) is 11.3 Å². The van der Waals surface area contributed by atoms with Crippen LogP contribution >= 0.6 is 11.3 Å². The molecule has 0 unspecified atom stereocenters. The second-order valence-corrected chi connectivity index (χ2v) is 7.57. The Morgan fingerprint density at radius 3 is 2.20 bits per heavy atom. The van der Waals surface area contributed by atoms with Crippen LogP contribution in [0.2, 0.25) is 0 Å². The van der Waals surface area contributed by atoms with Crippen LogP contribution in [-0.4, -0.2) is 53.2 Å². The molecular formula is C12H22N2O4S2. The minimum Gasteiger partial charge on any atom is -0.383 e. The molecular weight excluding hydrogens is 300 g/mol. The largest absolute Gasteiger partial charge is 0.383 e. The first kappa shape index (κ1) is 17.5. The minimum absolute atomic E-state index is 0.303. The van der Waals surface area contributed by atoms with Gasteiger partial charge in [0.15, 0.2) is 0 Å². The number of hydrogen-bond acceptors (Lipinski definition) is 6. The summed E-state index contributed by atoms with van der Waals surface area (Å²) < 4.78 is 36.9. The van der Waals surface area contributed by atoms with Crippen LogP contribution in [0.3, 0.4) is 0 Å². The molecule has 0 aromatic carbocycles. The molecule has 1 aromatic rings. The Labute approximate surface area is 124 Å². The summed E-state index contributed by atoms with van der Waals surface area (Å²) in [5.41, 5.74) is 6.52. The van der Waals surface area contributed by atoms with Gasteiger partial charge in [-0.3, -0.25) is 0 Å². The van der Waals surface area contributed by atoms with E-state index in [4.69, 9.17) is 15.2 Å². The van der Waals surface area contributed by atoms with Crippen molar-refractivity contribution in [2.45, 2.75) is 17.7 Å². The van der Waals surface area contributed by atoms with Gasteiger partial charge in [-0.25, -0.2) is 8.42 Å². The van der Waals surface area contributed by atoms with Crippen molar-refractivity contribution in [1.82, 2.24) is 4.31 Å². The average Bonchev–Trinajstić information content (AvgIpc) is 2.80. The second kappa shape index (κ2) is 8.06. The van der Waals surface area contributed by atoms with Gasteiger partial charge in [-0.2, -0.15) is 4.31 Å². The van der Waals surface area contributed by atoms with E-state index < -0.39 is 10.0 Å². The van der Waals surface area contributed by atoms with Crippen molar-refractivity contribution in [3.63, 3.8) is 0 Å². The maximum atomic E-state index is 12.6. The Bertz CT molecular complexity index is 506. The molecule has 8 heteroatoms. The zero-order valence-electron chi connectivity index (χ0n) is 12.1. The first-order chi connectivity index (χ1) is 9.47. The first-order valence-corrected chi connectivity index (χ1v) is 8.50. The van der Waals surface area contributed by atoms with Gasteiger partial charge in [0.25, 0.3) is 10.0 Å². The molecule has 1 rings (SSSR count). The summed E-state index contributed by atoms with van der Waals surface area (Å²) in [6.07, 6.45) is 0. The molecule has 0 bridgehead atoms. The molecule has 0 atom stereocenters. The van der Waals surface area contributed by atoms with Gasteiger partial charge in [0.2, 0.25) is 0 Å². The Hall–Kier alpha value is -0.510. The summed E-state index contributed by atoms with van der Waals surface area (Å²) in [6.45, 7) is 3.51. The lowest BCUT2D eigenvalue weighted by atomic mass is 10.3. The standard InChI is InChI=1S/C12H22N2O4S2/c1-10-8-12(19-11(10)9-13)20(15,16)14(4-6-17-2)5-7-18-3/h8H,4-7,9,13H2,1-3H3. The smallest absolute Gasteiger partial charge is 0.252 e. The lowest BCUT2D eigenvalue weighted by Crippen LogP contribution is -2.36.